The number of halogens is 1. The molecule has 0 radical (unpaired) electrons. The summed E-state index contributed by atoms with van der Waals surface area (Å²) in [4.78, 5) is 19.3. The van der Waals surface area contributed by atoms with Gasteiger partial charge in [0.05, 0.1) is 39.9 Å². The number of hydrogen-bond acceptors (Lipinski definition) is 7. The van der Waals surface area contributed by atoms with Gasteiger partial charge in [-0.2, -0.15) is 5.10 Å². The highest BCUT2D eigenvalue weighted by Crippen LogP contribution is 2.33. The fourth-order valence-electron chi connectivity index (χ4n) is 4.62. The molecule has 4 heterocycles. The van der Waals surface area contributed by atoms with E-state index in [0.717, 1.165) is 28.0 Å². The van der Waals surface area contributed by atoms with Crippen molar-refractivity contribution < 1.29 is 12.8 Å². The quantitative estimate of drug-likeness (QED) is 0.266. The van der Waals surface area contributed by atoms with Gasteiger partial charge < -0.3 is 9.88 Å². The standard InChI is InChI=1S/C28H25FN8O2S/c1-37(2)20-13-18(14-31-15-20)22-6-7-24-26(32-22)27(36-35-24)28-33-23-5-3-4-21(25(23)34-28)17-10-16(11-19(29)12-17)8-9-40(30,38)39/h3-7,10-15H,8-9H2,1-2H3,(H,33,34)(H,35,36)(H2,30,38,39). The van der Waals surface area contributed by atoms with Crippen LogP contribution in [0.15, 0.2) is 67.0 Å². The van der Waals surface area contributed by atoms with Gasteiger partial charge in [-0.3, -0.25) is 10.1 Å². The van der Waals surface area contributed by atoms with E-state index in [-0.39, 0.29) is 12.2 Å². The second-order valence-electron chi connectivity index (χ2n) is 9.74. The van der Waals surface area contributed by atoms with Crippen molar-refractivity contribution in [2.75, 3.05) is 24.7 Å². The lowest BCUT2D eigenvalue weighted by Gasteiger charge is -2.12. The largest absolute Gasteiger partial charge is 0.376 e. The lowest BCUT2D eigenvalue weighted by molar-refractivity contribution is 0.596. The fourth-order valence-corrected chi connectivity index (χ4v) is 5.15. The van der Waals surface area contributed by atoms with Gasteiger partial charge in [-0.25, -0.2) is 27.9 Å². The Kier molecular flexibility index (Phi) is 6.28. The van der Waals surface area contributed by atoms with E-state index >= 15 is 0 Å². The normalized spacial score (nSPS) is 11.9. The Morgan fingerprint density at radius 3 is 2.60 bits per heavy atom. The summed E-state index contributed by atoms with van der Waals surface area (Å²) in [6.45, 7) is 0. The van der Waals surface area contributed by atoms with Crippen LogP contribution in [0.25, 0.3) is 56.0 Å². The molecule has 12 heteroatoms. The second kappa shape index (κ2) is 9.81. The van der Waals surface area contributed by atoms with E-state index < -0.39 is 15.8 Å². The lowest BCUT2D eigenvalue weighted by Crippen LogP contribution is -2.18. The number of nitrogens with two attached hydrogens (primary N) is 1. The number of pyridine rings is 2. The first-order chi connectivity index (χ1) is 19.1. The molecule has 0 atom stereocenters. The van der Waals surface area contributed by atoms with Gasteiger partial charge >= 0.3 is 0 Å². The van der Waals surface area contributed by atoms with Crippen LogP contribution in [0.2, 0.25) is 0 Å². The molecule has 6 aromatic rings. The molecule has 0 spiro atoms. The summed E-state index contributed by atoms with van der Waals surface area (Å²) in [6.07, 6.45) is 3.66. The SMILES string of the molecule is CN(C)c1cncc(-c2ccc3[nH]nc(-c4nc5c(-c6cc(F)cc(CCS(N)(=O)=O)c6)cccc5[nH]4)c3n2)c1. The fraction of sp³-hybridized carbons (Fsp3) is 0.143. The number of imidazole rings is 1. The van der Waals surface area contributed by atoms with Crippen molar-refractivity contribution in [1.82, 2.24) is 30.1 Å². The van der Waals surface area contributed by atoms with Crippen LogP contribution < -0.4 is 10.0 Å². The molecule has 10 nitrogen and oxygen atoms in total. The number of para-hydroxylation sites is 1. The number of anilines is 1. The van der Waals surface area contributed by atoms with E-state index in [2.05, 4.69) is 20.2 Å². The van der Waals surface area contributed by atoms with Crippen molar-refractivity contribution >= 4 is 37.8 Å². The lowest BCUT2D eigenvalue weighted by atomic mass is 10.0. The molecule has 0 aliphatic carbocycles. The minimum Gasteiger partial charge on any atom is -0.376 e. The van der Waals surface area contributed by atoms with E-state index in [0.29, 0.717) is 39.2 Å². The monoisotopic (exact) mass is 556 g/mol. The topological polar surface area (TPSA) is 147 Å². The van der Waals surface area contributed by atoms with E-state index in [9.17, 15) is 12.8 Å². The first-order valence-corrected chi connectivity index (χ1v) is 14.1. The van der Waals surface area contributed by atoms with E-state index in [1.165, 1.54) is 12.1 Å². The van der Waals surface area contributed by atoms with Gasteiger partial charge in [0, 0.05) is 31.4 Å². The van der Waals surface area contributed by atoms with Gasteiger partial charge in [-0.05, 0) is 53.9 Å². The van der Waals surface area contributed by atoms with Crippen LogP contribution in [0.1, 0.15) is 5.56 Å². The number of aromatic nitrogens is 6. The summed E-state index contributed by atoms with van der Waals surface area (Å²) < 4.78 is 37.4. The number of nitrogens with zero attached hydrogens (tertiary/aromatic N) is 5. The number of aryl methyl sites for hydroxylation is 1. The summed E-state index contributed by atoms with van der Waals surface area (Å²) in [5.41, 5.74) is 7.67. The number of H-pyrrole nitrogens is 2. The number of fused-ring (bicyclic) bond motifs is 2. The Hall–Kier alpha value is -4.68. The molecule has 40 heavy (non-hydrogen) atoms. The summed E-state index contributed by atoms with van der Waals surface area (Å²) in [6, 6.07) is 15.9. The third-order valence-corrected chi connectivity index (χ3v) is 7.40. The zero-order valence-corrected chi connectivity index (χ0v) is 22.5. The van der Waals surface area contributed by atoms with Gasteiger partial charge in [0.25, 0.3) is 0 Å². The van der Waals surface area contributed by atoms with Crippen molar-refractivity contribution in [3.63, 3.8) is 0 Å². The molecular weight excluding hydrogens is 531 g/mol. The maximum Gasteiger partial charge on any atom is 0.209 e. The number of benzene rings is 2. The van der Waals surface area contributed by atoms with Crippen molar-refractivity contribution in [3.05, 3.63) is 78.4 Å². The molecule has 0 saturated heterocycles. The third-order valence-electron chi connectivity index (χ3n) is 6.62. The Balaban J connectivity index is 1.42. The van der Waals surface area contributed by atoms with Gasteiger partial charge in [0.1, 0.15) is 11.3 Å². The van der Waals surface area contributed by atoms with Crippen LogP contribution in [0.3, 0.4) is 0 Å². The van der Waals surface area contributed by atoms with Crippen LogP contribution in [-0.4, -0.2) is 58.4 Å². The Bertz CT molecular complexity index is 2000. The minimum absolute atomic E-state index is 0.103. The number of rotatable bonds is 7. The number of primary sulfonamides is 1. The number of aromatic amines is 2. The second-order valence-corrected chi connectivity index (χ2v) is 11.5. The maximum absolute atomic E-state index is 14.5. The first kappa shape index (κ1) is 25.6. The molecule has 0 amide bonds. The zero-order chi connectivity index (χ0) is 28.0. The van der Waals surface area contributed by atoms with Crippen molar-refractivity contribution in [1.29, 1.82) is 0 Å². The molecule has 4 aromatic heterocycles. The van der Waals surface area contributed by atoms with Crippen LogP contribution in [-0.2, 0) is 16.4 Å². The Morgan fingerprint density at radius 2 is 1.80 bits per heavy atom. The van der Waals surface area contributed by atoms with Gasteiger partial charge in [0.2, 0.25) is 10.0 Å². The predicted molar refractivity (Wildman–Crippen MR) is 154 cm³/mol. The van der Waals surface area contributed by atoms with E-state index in [1.807, 2.05) is 55.4 Å². The Morgan fingerprint density at radius 1 is 0.950 bits per heavy atom. The van der Waals surface area contributed by atoms with E-state index in [1.54, 1.807) is 18.5 Å². The average molecular weight is 557 g/mol. The van der Waals surface area contributed by atoms with Crippen molar-refractivity contribution in [2.24, 2.45) is 5.14 Å². The summed E-state index contributed by atoms with van der Waals surface area (Å²) in [5.74, 6) is -0.245. The zero-order valence-electron chi connectivity index (χ0n) is 21.7. The molecule has 0 saturated carbocycles. The maximum atomic E-state index is 14.5. The molecule has 0 fully saturated rings. The molecule has 0 bridgehead atoms. The molecule has 4 N–H and O–H groups in total. The number of sulfonamides is 1. The molecule has 0 unspecified atom stereocenters. The minimum atomic E-state index is -3.68. The van der Waals surface area contributed by atoms with Crippen LogP contribution in [0, 0.1) is 5.82 Å². The molecule has 0 aliphatic heterocycles. The van der Waals surface area contributed by atoms with Crippen molar-refractivity contribution in [2.45, 2.75) is 6.42 Å². The highest BCUT2D eigenvalue weighted by atomic mass is 32.2. The van der Waals surface area contributed by atoms with Gasteiger partial charge in [0.15, 0.2) is 11.5 Å². The van der Waals surface area contributed by atoms with Crippen LogP contribution >= 0.6 is 0 Å². The van der Waals surface area contributed by atoms with Crippen LogP contribution in [0.5, 0.6) is 0 Å². The Labute approximate surface area is 229 Å². The molecular formula is C28H25FN8O2S. The summed E-state index contributed by atoms with van der Waals surface area (Å²) >= 11 is 0. The molecule has 0 aliphatic rings. The van der Waals surface area contributed by atoms with Crippen LogP contribution in [0.4, 0.5) is 10.1 Å². The molecule has 6 rings (SSSR count). The molecule has 2 aromatic carbocycles. The van der Waals surface area contributed by atoms with E-state index in [4.69, 9.17) is 15.1 Å². The van der Waals surface area contributed by atoms with Crippen molar-refractivity contribution in [3.8, 4) is 33.9 Å². The number of nitrogens with one attached hydrogen (secondary N) is 2. The first-order valence-electron chi connectivity index (χ1n) is 12.4. The third kappa shape index (κ3) is 5.01. The molecule has 202 valence electrons. The summed E-state index contributed by atoms with van der Waals surface area (Å²) in [7, 11) is 0.235. The average Bonchev–Trinajstić information content (AvgIpc) is 3.55. The number of hydrogen-bond donors (Lipinski definition) is 3. The van der Waals surface area contributed by atoms with Gasteiger partial charge in [-0.1, -0.05) is 18.2 Å². The van der Waals surface area contributed by atoms with Gasteiger partial charge in [-0.15, -0.1) is 0 Å². The highest BCUT2D eigenvalue weighted by Gasteiger charge is 2.18. The highest BCUT2D eigenvalue weighted by molar-refractivity contribution is 7.89. The predicted octanol–water partition coefficient (Wildman–Crippen LogP) is 4.27. The smallest absolute Gasteiger partial charge is 0.209 e. The summed E-state index contributed by atoms with van der Waals surface area (Å²) in [5, 5.41) is 12.6.